The molecule has 1 aliphatic heterocycles. The van der Waals surface area contributed by atoms with E-state index in [-0.39, 0.29) is 19.4 Å². The van der Waals surface area contributed by atoms with Crippen LogP contribution in [0, 0.1) is 0 Å². The highest BCUT2D eigenvalue weighted by molar-refractivity contribution is 7.85. The molecule has 1 saturated heterocycles. The number of aliphatic hydroxyl groups is 3. The fourth-order valence-electron chi connectivity index (χ4n) is 6.09. The largest absolute Gasteiger partial charge is 0.462 e. The van der Waals surface area contributed by atoms with Crippen LogP contribution in [-0.4, -0.2) is 96.0 Å². The van der Waals surface area contributed by atoms with Gasteiger partial charge in [0.15, 0.2) is 12.4 Å². The van der Waals surface area contributed by atoms with Crippen LogP contribution >= 0.6 is 0 Å². The first-order chi connectivity index (χ1) is 24.0. The van der Waals surface area contributed by atoms with Gasteiger partial charge in [0, 0.05) is 12.8 Å². The summed E-state index contributed by atoms with van der Waals surface area (Å²) in [7, 11) is -4.59. The van der Waals surface area contributed by atoms with E-state index in [0.29, 0.717) is 12.8 Å². The molecule has 2 unspecified atom stereocenters. The molecule has 4 N–H and O–H groups in total. The van der Waals surface area contributed by atoms with Gasteiger partial charge in [-0.15, -0.1) is 0 Å². The lowest BCUT2D eigenvalue weighted by Gasteiger charge is -2.40. The highest BCUT2D eigenvalue weighted by atomic mass is 32.2. The fraction of sp³-hybridized carbons (Fsp3) is 0.946. The molecule has 1 rings (SSSR count). The summed E-state index contributed by atoms with van der Waals surface area (Å²) < 4.78 is 53.8. The molecule has 1 aliphatic rings. The van der Waals surface area contributed by atoms with Crippen LogP contribution in [-0.2, 0) is 38.7 Å². The van der Waals surface area contributed by atoms with Gasteiger partial charge in [0.05, 0.1) is 6.61 Å². The quantitative estimate of drug-likeness (QED) is 0.0332. The Kier molecular flexibility index (Phi) is 27.2. The second kappa shape index (κ2) is 29.1. The van der Waals surface area contributed by atoms with Crippen LogP contribution in [0.2, 0.25) is 0 Å². The van der Waals surface area contributed by atoms with Crippen LogP contribution in [0.1, 0.15) is 168 Å². The van der Waals surface area contributed by atoms with Gasteiger partial charge in [0.1, 0.15) is 36.8 Å². The second-order valence-electron chi connectivity index (χ2n) is 14.0. The molecule has 6 atom stereocenters. The van der Waals surface area contributed by atoms with E-state index in [1.165, 1.54) is 89.9 Å². The second-order valence-corrected chi connectivity index (χ2v) is 15.5. The smallest absolute Gasteiger partial charge is 0.306 e. The van der Waals surface area contributed by atoms with Crippen molar-refractivity contribution in [2.75, 3.05) is 19.0 Å². The van der Waals surface area contributed by atoms with Gasteiger partial charge in [-0.3, -0.25) is 14.1 Å². The first-order valence-electron chi connectivity index (χ1n) is 19.6. The summed E-state index contributed by atoms with van der Waals surface area (Å²) in [6.07, 6.45) is 15.9. The molecule has 0 radical (unpaired) electrons. The molecule has 0 aliphatic carbocycles. The predicted octanol–water partition coefficient (Wildman–Crippen LogP) is 6.56. The Bertz CT molecular complexity index is 962. The van der Waals surface area contributed by atoms with Crippen molar-refractivity contribution in [1.29, 1.82) is 0 Å². The SMILES string of the molecule is CCCCCCCCCCCCCC(=O)OCC(COC1O[C@H](CS(=O)(=O)O)[C@@H](O)[C@H](O)[C@H]1O)OC(=O)CCCCCCCCCCCCC. The van der Waals surface area contributed by atoms with E-state index in [1.54, 1.807) is 0 Å². The van der Waals surface area contributed by atoms with Crippen LogP contribution < -0.4 is 0 Å². The minimum absolute atomic E-state index is 0.171. The minimum Gasteiger partial charge on any atom is -0.462 e. The van der Waals surface area contributed by atoms with E-state index < -0.39 is 71.2 Å². The van der Waals surface area contributed by atoms with E-state index in [1.807, 2.05) is 0 Å². The Morgan fingerprint density at radius 3 is 1.46 bits per heavy atom. The molecule has 0 saturated carbocycles. The fourth-order valence-corrected chi connectivity index (χ4v) is 6.78. The van der Waals surface area contributed by atoms with Gasteiger partial charge in [-0.05, 0) is 12.8 Å². The number of ether oxygens (including phenoxy) is 4. The molecule has 1 heterocycles. The summed E-state index contributed by atoms with van der Waals surface area (Å²) >= 11 is 0. The molecule has 0 aromatic heterocycles. The van der Waals surface area contributed by atoms with Gasteiger partial charge >= 0.3 is 11.9 Å². The lowest BCUT2D eigenvalue weighted by atomic mass is 10.00. The molecule has 0 aromatic carbocycles. The van der Waals surface area contributed by atoms with Crippen LogP contribution in [0.15, 0.2) is 0 Å². The number of carbonyl (C=O) groups is 2. The van der Waals surface area contributed by atoms with Crippen molar-refractivity contribution in [3.63, 3.8) is 0 Å². The molecule has 0 amide bonds. The van der Waals surface area contributed by atoms with Gasteiger partial charge in [0.25, 0.3) is 10.1 Å². The third-order valence-corrected chi connectivity index (χ3v) is 9.94. The summed E-state index contributed by atoms with van der Waals surface area (Å²) in [5, 5.41) is 30.7. The van der Waals surface area contributed by atoms with Gasteiger partial charge in [-0.2, -0.15) is 8.42 Å². The number of rotatable bonds is 32. The number of unbranched alkanes of at least 4 members (excludes halogenated alkanes) is 20. The molecular formula is C37H70O12S. The number of esters is 2. The van der Waals surface area contributed by atoms with E-state index in [0.717, 1.165) is 38.5 Å². The van der Waals surface area contributed by atoms with Crippen LogP contribution in [0.3, 0.4) is 0 Å². The maximum Gasteiger partial charge on any atom is 0.306 e. The van der Waals surface area contributed by atoms with Crippen LogP contribution in [0.4, 0.5) is 0 Å². The van der Waals surface area contributed by atoms with Gasteiger partial charge in [-0.1, -0.05) is 142 Å². The Hall–Kier alpha value is -1.35. The Balaban J connectivity index is 2.52. The van der Waals surface area contributed by atoms with E-state index in [4.69, 9.17) is 18.9 Å². The Labute approximate surface area is 302 Å². The summed E-state index contributed by atoms with van der Waals surface area (Å²) in [5.41, 5.74) is 0. The lowest BCUT2D eigenvalue weighted by Crippen LogP contribution is -2.60. The normalized spacial score (nSPS) is 21.6. The minimum atomic E-state index is -4.59. The zero-order chi connectivity index (χ0) is 37.0. The van der Waals surface area contributed by atoms with Crippen molar-refractivity contribution in [1.82, 2.24) is 0 Å². The van der Waals surface area contributed by atoms with Gasteiger partial charge in [0.2, 0.25) is 0 Å². The standard InChI is InChI=1S/C37H70O12S/c1-3-5-7-9-11-13-15-17-19-21-23-25-32(38)46-27-30(48-33(39)26-24-22-20-18-16-14-12-10-8-6-4-2)28-47-37-36(42)35(41)34(40)31(49-37)29-50(43,44)45/h30-31,34-37,40-42H,3-29H2,1-2H3,(H,43,44,45)/t30?,31-,34-,35+,36-,37?/m1/s1. The van der Waals surface area contributed by atoms with E-state index in [2.05, 4.69) is 13.8 Å². The highest BCUT2D eigenvalue weighted by Crippen LogP contribution is 2.24. The maximum absolute atomic E-state index is 12.7. The molecule has 13 heteroatoms. The van der Waals surface area contributed by atoms with Crippen molar-refractivity contribution in [2.24, 2.45) is 0 Å². The molecule has 50 heavy (non-hydrogen) atoms. The molecule has 0 bridgehead atoms. The monoisotopic (exact) mass is 738 g/mol. The van der Waals surface area contributed by atoms with Crippen LogP contribution in [0.25, 0.3) is 0 Å². The molecule has 0 aromatic rings. The Morgan fingerprint density at radius 2 is 1.02 bits per heavy atom. The topological polar surface area (TPSA) is 186 Å². The zero-order valence-corrected chi connectivity index (χ0v) is 31.8. The van der Waals surface area contributed by atoms with Crippen molar-refractivity contribution in [2.45, 2.75) is 205 Å². The van der Waals surface area contributed by atoms with E-state index >= 15 is 0 Å². The summed E-state index contributed by atoms with van der Waals surface area (Å²) in [5.74, 6) is -1.97. The summed E-state index contributed by atoms with van der Waals surface area (Å²) in [6.45, 7) is 3.72. The van der Waals surface area contributed by atoms with E-state index in [9.17, 15) is 37.9 Å². The maximum atomic E-state index is 12.7. The first kappa shape index (κ1) is 46.7. The van der Waals surface area contributed by atoms with Crippen molar-refractivity contribution in [3.8, 4) is 0 Å². The third-order valence-electron chi connectivity index (χ3n) is 9.19. The molecular weight excluding hydrogens is 668 g/mol. The number of hydrogen-bond acceptors (Lipinski definition) is 11. The molecule has 296 valence electrons. The van der Waals surface area contributed by atoms with Crippen molar-refractivity contribution < 1.29 is 56.8 Å². The molecule has 12 nitrogen and oxygen atoms in total. The van der Waals surface area contributed by atoms with Crippen molar-refractivity contribution >= 4 is 22.1 Å². The molecule has 1 fully saturated rings. The number of hydrogen-bond donors (Lipinski definition) is 4. The zero-order valence-electron chi connectivity index (χ0n) is 31.0. The van der Waals surface area contributed by atoms with Gasteiger partial charge < -0.3 is 34.3 Å². The average molecular weight is 739 g/mol. The van der Waals surface area contributed by atoms with Gasteiger partial charge in [-0.25, -0.2) is 0 Å². The van der Waals surface area contributed by atoms with Crippen LogP contribution in [0.5, 0.6) is 0 Å². The number of aliphatic hydroxyl groups excluding tert-OH is 3. The average Bonchev–Trinajstić information content (AvgIpc) is 3.07. The first-order valence-corrected chi connectivity index (χ1v) is 21.2. The summed E-state index contributed by atoms with van der Waals surface area (Å²) in [6, 6.07) is 0. The number of carbonyl (C=O) groups excluding carboxylic acids is 2. The highest BCUT2D eigenvalue weighted by Gasteiger charge is 2.46. The lowest BCUT2D eigenvalue weighted by molar-refractivity contribution is -0.297. The molecule has 0 spiro atoms. The van der Waals surface area contributed by atoms with Crippen molar-refractivity contribution in [3.05, 3.63) is 0 Å². The summed E-state index contributed by atoms with van der Waals surface area (Å²) in [4.78, 5) is 25.2. The Morgan fingerprint density at radius 1 is 0.600 bits per heavy atom. The third kappa shape index (κ3) is 24.0. The predicted molar refractivity (Wildman–Crippen MR) is 192 cm³/mol.